The summed E-state index contributed by atoms with van der Waals surface area (Å²) in [7, 11) is 0. The molecule has 1 amide bonds. The predicted molar refractivity (Wildman–Crippen MR) is 122 cm³/mol. The Morgan fingerprint density at radius 2 is 1.74 bits per heavy atom. The minimum absolute atomic E-state index is 0.0120. The minimum Gasteiger partial charge on any atom is -0.486 e. The number of hydrogen-bond acceptors (Lipinski definition) is 3. The molecule has 3 aromatic carbocycles. The molecule has 5 heteroatoms. The fourth-order valence-corrected chi connectivity index (χ4v) is 3.80. The maximum Gasteiger partial charge on any atom is 0.287 e. The van der Waals surface area contributed by atoms with E-state index in [1.54, 1.807) is 0 Å². The Bertz CT molecular complexity index is 1050. The maximum absolute atomic E-state index is 13.2. The second-order valence-electron chi connectivity index (χ2n) is 7.95. The second-order valence-corrected chi connectivity index (χ2v) is 7.95. The maximum atomic E-state index is 13.2. The van der Waals surface area contributed by atoms with Crippen LogP contribution in [0.4, 0.5) is 5.69 Å². The highest BCUT2D eigenvalue weighted by atomic mass is 16.6. The van der Waals surface area contributed by atoms with Crippen molar-refractivity contribution in [2.24, 2.45) is 0 Å². The summed E-state index contributed by atoms with van der Waals surface area (Å²) in [4.78, 5) is 13.2. The lowest BCUT2D eigenvalue weighted by Crippen LogP contribution is -2.87. The van der Waals surface area contributed by atoms with Crippen LogP contribution in [0.5, 0.6) is 11.5 Å². The first-order valence-corrected chi connectivity index (χ1v) is 10.7. The van der Waals surface area contributed by atoms with Gasteiger partial charge < -0.3 is 20.1 Å². The van der Waals surface area contributed by atoms with Crippen LogP contribution in [0.3, 0.4) is 0 Å². The molecule has 1 aliphatic heterocycles. The first-order valence-electron chi connectivity index (χ1n) is 10.7. The number of carbonyl (C=O) groups is 1. The van der Waals surface area contributed by atoms with Gasteiger partial charge in [-0.1, -0.05) is 48.5 Å². The van der Waals surface area contributed by atoms with Crippen LogP contribution in [-0.4, -0.2) is 25.7 Å². The number of quaternary nitrogens is 1. The van der Waals surface area contributed by atoms with E-state index in [0.29, 0.717) is 13.2 Å². The quantitative estimate of drug-likeness (QED) is 0.618. The summed E-state index contributed by atoms with van der Waals surface area (Å²) in [5.74, 6) is 1.59. The van der Waals surface area contributed by atoms with Crippen molar-refractivity contribution in [1.82, 2.24) is 0 Å². The van der Waals surface area contributed by atoms with Gasteiger partial charge in [0, 0.05) is 17.7 Å². The van der Waals surface area contributed by atoms with Crippen molar-refractivity contribution in [3.63, 3.8) is 0 Å². The van der Waals surface area contributed by atoms with E-state index in [4.69, 9.17) is 9.47 Å². The van der Waals surface area contributed by atoms with Gasteiger partial charge in [-0.2, -0.15) is 0 Å². The number of rotatable bonds is 7. The number of benzene rings is 3. The third-order valence-corrected chi connectivity index (χ3v) is 5.53. The lowest BCUT2D eigenvalue weighted by Gasteiger charge is -2.19. The number of fused-ring (bicyclic) bond motifs is 1. The minimum atomic E-state index is -0.321. The van der Waals surface area contributed by atoms with Gasteiger partial charge in [-0.3, -0.25) is 4.79 Å². The third kappa shape index (κ3) is 5.25. The van der Waals surface area contributed by atoms with Gasteiger partial charge in [-0.15, -0.1) is 0 Å². The Morgan fingerprint density at radius 3 is 2.55 bits per heavy atom. The van der Waals surface area contributed by atoms with Crippen molar-refractivity contribution < 1.29 is 19.6 Å². The summed E-state index contributed by atoms with van der Waals surface area (Å²) in [6.07, 6.45) is 0.830. The molecule has 0 spiro atoms. The largest absolute Gasteiger partial charge is 0.486 e. The van der Waals surface area contributed by atoms with Gasteiger partial charge in [-0.05, 0) is 48.7 Å². The Morgan fingerprint density at radius 1 is 0.968 bits per heavy atom. The van der Waals surface area contributed by atoms with Gasteiger partial charge in [0.2, 0.25) is 0 Å². The molecular weight excluding hydrogens is 388 g/mol. The van der Waals surface area contributed by atoms with Crippen LogP contribution in [-0.2, 0) is 11.2 Å². The lowest BCUT2D eigenvalue weighted by molar-refractivity contribution is -0.682. The molecule has 0 aliphatic carbocycles. The molecular formula is C26H29N2O3+. The summed E-state index contributed by atoms with van der Waals surface area (Å²) >= 11 is 0. The van der Waals surface area contributed by atoms with Gasteiger partial charge >= 0.3 is 0 Å². The molecule has 1 heterocycles. The number of nitrogens with one attached hydrogen (secondary N) is 1. The van der Waals surface area contributed by atoms with E-state index < -0.39 is 0 Å². The van der Waals surface area contributed by atoms with Gasteiger partial charge in [-0.25, -0.2) is 0 Å². The van der Waals surface area contributed by atoms with E-state index in [-0.39, 0.29) is 11.9 Å². The van der Waals surface area contributed by atoms with Crippen molar-refractivity contribution in [3.05, 3.63) is 89.0 Å². The monoisotopic (exact) mass is 417 g/mol. The van der Waals surface area contributed by atoms with E-state index in [9.17, 15) is 4.79 Å². The smallest absolute Gasteiger partial charge is 0.287 e. The molecule has 0 saturated carbocycles. The van der Waals surface area contributed by atoms with E-state index in [0.717, 1.165) is 46.8 Å². The van der Waals surface area contributed by atoms with Crippen molar-refractivity contribution >= 4 is 11.6 Å². The van der Waals surface area contributed by atoms with Gasteiger partial charge in [0.1, 0.15) is 13.2 Å². The number of hydrogen-bond donors (Lipinski definition) is 2. The summed E-state index contributed by atoms with van der Waals surface area (Å²) in [6, 6.07) is 21.8. The van der Waals surface area contributed by atoms with Gasteiger partial charge in [0.05, 0.1) is 6.54 Å². The van der Waals surface area contributed by atoms with E-state index in [2.05, 4.69) is 22.8 Å². The first-order chi connectivity index (χ1) is 15.1. The molecule has 0 bridgehead atoms. The van der Waals surface area contributed by atoms with Crippen molar-refractivity contribution in [3.8, 4) is 11.5 Å². The molecule has 1 atom stereocenters. The van der Waals surface area contributed by atoms with Crippen LogP contribution in [0, 0.1) is 13.8 Å². The molecule has 1 aliphatic rings. The predicted octanol–water partition coefficient (Wildman–Crippen LogP) is 3.56. The fourth-order valence-electron chi connectivity index (χ4n) is 3.80. The third-order valence-electron chi connectivity index (χ3n) is 5.53. The van der Waals surface area contributed by atoms with Crippen molar-refractivity contribution in [1.29, 1.82) is 0 Å². The Kier molecular flexibility index (Phi) is 6.53. The molecule has 31 heavy (non-hydrogen) atoms. The summed E-state index contributed by atoms with van der Waals surface area (Å²) < 4.78 is 11.3. The van der Waals surface area contributed by atoms with E-state index in [1.807, 2.05) is 68.4 Å². The molecule has 0 aromatic heterocycles. The molecule has 4 rings (SSSR count). The lowest BCUT2D eigenvalue weighted by atomic mass is 10.0. The standard InChI is InChI=1S/C26H28N2O3/c1-18-8-9-19(2)22(16-18)28-26(29)25(21-6-4-3-5-7-21)27-13-12-20-10-11-23-24(17-20)31-15-14-30-23/h3-11,16-17,25,27H,12-15H2,1-2H3,(H,28,29)/p+1/t25-/m1/s1. The number of carbonyl (C=O) groups excluding carboxylic acids is 1. The number of anilines is 1. The van der Waals surface area contributed by atoms with Crippen molar-refractivity contribution in [2.75, 3.05) is 25.1 Å². The number of amides is 1. The highest BCUT2D eigenvalue weighted by Gasteiger charge is 2.24. The topological polar surface area (TPSA) is 64.2 Å². The number of aryl methyl sites for hydroxylation is 2. The number of ether oxygens (including phenoxy) is 2. The molecule has 0 fully saturated rings. The normalized spacial score (nSPS) is 13.5. The zero-order valence-corrected chi connectivity index (χ0v) is 18.1. The first kappa shape index (κ1) is 20.9. The molecule has 5 nitrogen and oxygen atoms in total. The van der Waals surface area contributed by atoms with E-state index in [1.165, 1.54) is 5.56 Å². The summed E-state index contributed by atoms with van der Waals surface area (Å²) in [5, 5.41) is 5.24. The number of nitrogens with two attached hydrogens (primary N) is 1. The van der Waals surface area contributed by atoms with Gasteiger partial charge in [0.15, 0.2) is 17.5 Å². The molecule has 3 N–H and O–H groups in total. The fraction of sp³-hybridized carbons (Fsp3) is 0.269. The van der Waals surface area contributed by atoms with Crippen LogP contribution in [0.1, 0.15) is 28.3 Å². The van der Waals surface area contributed by atoms with Crippen LogP contribution in [0.2, 0.25) is 0 Å². The molecule has 3 aromatic rings. The molecule has 0 saturated heterocycles. The van der Waals surface area contributed by atoms with E-state index >= 15 is 0 Å². The average molecular weight is 418 g/mol. The SMILES string of the molecule is Cc1ccc(C)c(NC(=O)[C@H]([NH2+]CCc2ccc3c(c2)OCCO3)c2ccccc2)c1. The highest BCUT2D eigenvalue weighted by molar-refractivity contribution is 5.95. The average Bonchev–Trinajstić information content (AvgIpc) is 2.79. The zero-order valence-electron chi connectivity index (χ0n) is 18.1. The zero-order chi connectivity index (χ0) is 21.6. The van der Waals surface area contributed by atoms with Crippen LogP contribution >= 0.6 is 0 Å². The summed E-state index contributed by atoms with van der Waals surface area (Å²) in [6.45, 7) is 5.99. The van der Waals surface area contributed by atoms with Crippen LogP contribution in [0.15, 0.2) is 66.7 Å². The second kappa shape index (κ2) is 9.67. The highest BCUT2D eigenvalue weighted by Crippen LogP contribution is 2.30. The Hall–Kier alpha value is -3.31. The Labute approximate surface area is 183 Å². The molecule has 160 valence electrons. The van der Waals surface area contributed by atoms with Crippen LogP contribution in [0.25, 0.3) is 0 Å². The van der Waals surface area contributed by atoms with Gasteiger partial charge in [0.25, 0.3) is 5.91 Å². The summed E-state index contributed by atoms with van der Waals surface area (Å²) in [5.41, 5.74) is 5.21. The van der Waals surface area contributed by atoms with Crippen molar-refractivity contribution in [2.45, 2.75) is 26.3 Å². The molecule has 0 radical (unpaired) electrons. The van der Waals surface area contributed by atoms with Crippen LogP contribution < -0.4 is 20.1 Å². The molecule has 0 unspecified atom stereocenters. The Balaban J connectivity index is 1.45.